The van der Waals surface area contributed by atoms with Crippen molar-refractivity contribution in [2.45, 2.75) is 34.6 Å². The number of hydrogen-bond donors (Lipinski definition) is 1. The van der Waals surface area contributed by atoms with Crippen molar-refractivity contribution in [3.8, 4) is 0 Å². The van der Waals surface area contributed by atoms with Gasteiger partial charge in [-0.05, 0) is 72.9 Å². The van der Waals surface area contributed by atoms with Crippen LogP contribution in [0.1, 0.15) is 27.8 Å². The lowest BCUT2D eigenvalue weighted by Gasteiger charge is -2.47. The second-order valence-electron chi connectivity index (χ2n) is 17.9. The van der Waals surface area contributed by atoms with E-state index in [4.69, 9.17) is 0 Å². The van der Waals surface area contributed by atoms with E-state index in [0.717, 1.165) is 0 Å². The van der Waals surface area contributed by atoms with Crippen LogP contribution < -0.4 is 27.6 Å². The standard InChI is InChI=1S/C40BF28.C11H17N/c42-13-1-5(21(50)37(66)33(13)62)17(46)29(58)25(54)9(1)41(10-2-6(18(47)30(59)26(10)55)22(51)38(67)34(63)14(2)43,11-3-7(19(48)31(60)27(11)56)23(52)39(68)35(64)15(3)44)12-4-8(20(49)32(61)28(12)57)24(53)40(69)36(65)16(4)45;1-6-7(2)9(4)11(12)10(5)8(6)3/h;12H2,1-5H3/q-1;/p+1. The van der Waals surface area contributed by atoms with Crippen molar-refractivity contribution in [3.63, 3.8) is 0 Å². The molecule has 0 spiro atoms. The third kappa shape index (κ3) is 7.58. The summed E-state index contributed by atoms with van der Waals surface area (Å²) in [5, 5.41) is -27.0. The lowest BCUT2D eigenvalue weighted by Crippen LogP contribution is -2.79. The fraction of sp³-hybridized carbons (Fsp3) is 0.0980. The minimum atomic E-state index is -8.05. The van der Waals surface area contributed by atoms with Crippen LogP contribution in [0.15, 0.2) is 0 Å². The van der Waals surface area contributed by atoms with E-state index in [0.29, 0.717) is 0 Å². The van der Waals surface area contributed by atoms with Crippen LogP contribution in [0, 0.1) is 198 Å². The van der Waals surface area contributed by atoms with E-state index in [1.165, 1.54) is 33.5 Å². The molecule has 0 saturated heterocycles. The maximum atomic E-state index is 17.3. The normalized spacial score (nSPS) is 12.1. The number of fused-ring (bicyclic) bond motifs is 4. The van der Waals surface area contributed by atoms with Gasteiger partial charge in [-0.25, -0.2) is 123 Å². The van der Waals surface area contributed by atoms with Gasteiger partial charge in [0.15, 0.2) is 140 Å². The molecule has 0 atom stereocenters. The molecule has 0 radical (unpaired) electrons. The van der Waals surface area contributed by atoms with Gasteiger partial charge in [0.25, 0.3) is 0 Å². The number of halogens is 28. The first-order valence-corrected chi connectivity index (χ1v) is 21.8. The number of hydrogen-bond acceptors (Lipinski definition) is 0. The molecule has 0 aliphatic heterocycles. The lowest BCUT2D eigenvalue weighted by atomic mass is 9.11. The molecule has 30 heteroatoms. The van der Waals surface area contributed by atoms with Crippen molar-refractivity contribution in [3.05, 3.63) is 191 Å². The van der Waals surface area contributed by atoms with Gasteiger partial charge in [0, 0.05) is 11.1 Å². The fourth-order valence-corrected chi connectivity index (χ4v) is 10.2. The molecule has 0 aliphatic rings. The summed E-state index contributed by atoms with van der Waals surface area (Å²) in [5.41, 5.74) is -3.32. The van der Waals surface area contributed by atoms with E-state index < -0.39 is 234 Å². The zero-order valence-corrected chi connectivity index (χ0v) is 39.9. The molecule has 1 nitrogen and oxygen atoms in total. The minimum Gasteiger partial charge on any atom is -0.325 e. The molecule has 9 aromatic carbocycles. The molecule has 426 valence electrons. The van der Waals surface area contributed by atoms with Crippen LogP contribution in [0.4, 0.5) is 129 Å². The van der Waals surface area contributed by atoms with Crippen molar-refractivity contribution in [1.29, 1.82) is 0 Å². The van der Waals surface area contributed by atoms with Crippen molar-refractivity contribution in [2.75, 3.05) is 0 Å². The topological polar surface area (TPSA) is 27.6 Å². The Balaban J connectivity index is 0.000000636. The number of rotatable bonds is 4. The van der Waals surface area contributed by atoms with Gasteiger partial charge in [-0.3, -0.25) is 0 Å². The van der Waals surface area contributed by atoms with Crippen molar-refractivity contribution < 1.29 is 129 Å². The Morgan fingerprint density at radius 1 is 0.173 bits per heavy atom. The molecule has 0 aliphatic carbocycles. The highest BCUT2D eigenvalue weighted by Crippen LogP contribution is 2.42. The summed E-state index contributed by atoms with van der Waals surface area (Å²) in [6.07, 6.45) is -8.05. The molecular formula is C51H18BF28N. The summed E-state index contributed by atoms with van der Waals surface area (Å²) < 4.78 is 446. The highest BCUT2D eigenvalue weighted by molar-refractivity contribution is 7.23. The first kappa shape index (κ1) is 59.2. The predicted molar refractivity (Wildman–Crippen MR) is 232 cm³/mol. The van der Waals surface area contributed by atoms with E-state index >= 15 is 105 Å². The first-order chi connectivity index (χ1) is 37.5. The van der Waals surface area contributed by atoms with Gasteiger partial charge in [0.05, 0.1) is 21.5 Å². The van der Waals surface area contributed by atoms with Gasteiger partial charge >= 0.3 is 0 Å². The molecule has 0 fully saturated rings. The summed E-state index contributed by atoms with van der Waals surface area (Å²) in [4.78, 5) is 0. The maximum Gasteiger partial charge on any atom is 0.198 e. The zero-order chi connectivity index (χ0) is 61.1. The van der Waals surface area contributed by atoms with Crippen LogP contribution in [0.3, 0.4) is 0 Å². The Morgan fingerprint density at radius 2 is 0.296 bits per heavy atom. The number of benzene rings is 9. The molecule has 0 amide bonds. The summed E-state index contributed by atoms with van der Waals surface area (Å²) in [6, 6.07) is 0. The molecule has 0 saturated carbocycles. The SMILES string of the molecule is Cc1c(C)c(C)c([NH3+])c(C)c1C.Fc1c(F)c(F)c2c([B-](c3c(F)c(F)c(F)c4c(F)c(F)c(F)c(F)c34)(c3c(F)c(F)c(F)c4c(F)c(F)c(F)c(F)c34)c3c(F)c(F)c(F)c4c(F)c(F)c(F)c(F)c34)c(F)c(F)c(F)c2c1F. The van der Waals surface area contributed by atoms with Gasteiger partial charge < -0.3 is 5.73 Å². The quantitative estimate of drug-likeness (QED) is 0.0787. The molecule has 0 unspecified atom stereocenters. The summed E-state index contributed by atoms with van der Waals surface area (Å²) in [6.45, 7) is 10.8. The molecular weight excluding hydrogens is 1170 g/mol. The molecule has 0 heterocycles. The van der Waals surface area contributed by atoms with Crippen LogP contribution in [-0.4, -0.2) is 6.15 Å². The molecule has 0 bridgehead atoms. The summed E-state index contributed by atoms with van der Waals surface area (Å²) in [7, 11) is 0. The highest BCUT2D eigenvalue weighted by Gasteiger charge is 2.52. The molecule has 9 aromatic rings. The average Bonchev–Trinajstić information content (AvgIpc) is 3.60. The second kappa shape index (κ2) is 19.7. The average molecular weight is 1190 g/mol. The van der Waals surface area contributed by atoms with Crippen LogP contribution >= 0.6 is 0 Å². The Hall–Kier alpha value is -7.92. The Morgan fingerprint density at radius 3 is 0.457 bits per heavy atom. The molecule has 81 heavy (non-hydrogen) atoms. The highest BCUT2D eigenvalue weighted by atomic mass is 19.2. The van der Waals surface area contributed by atoms with Crippen LogP contribution in [0.5, 0.6) is 0 Å². The third-order valence-corrected chi connectivity index (χ3v) is 14.4. The van der Waals surface area contributed by atoms with Gasteiger partial charge in [-0.1, -0.05) is 0 Å². The Bertz CT molecular complexity index is 3770. The second-order valence-corrected chi connectivity index (χ2v) is 17.9. The smallest absolute Gasteiger partial charge is 0.198 e. The van der Waals surface area contributed by atoms with E-state index in [-0.39, 0.29) is 0 Å². The summed E-state index contributed by atoms with van der Waals surface area (Å²) >= 11 is 0. The zero-order valence-electron chi connectivity index (χ0n) is 39.9. The van der Waals surface area contributed by atoms with Crippen molar-refractivity contribution in [2.24, 2.45) is 0 Å². The van der Waals surface area contributed by atoms with E-state index in [1.807, 2.05) is 0 Å². The van der Waals surface area contributed by atoms with Crippen molar-refractivity contribution >= 4 is 76.8 Å². The largest absolute Gasteiger partial charge is 0.325 e. The summed E-state index contributed by atoms with van der Waals surface area (Å²) in [5.74, 6) is -104. The third-order valence-electron chi connectivity index (χ3n) is 14.4. The van der Waals surface area contributed by atoms with Crippen LogP contribution in [0.2, 0.25) is 0 Å². The molecule has 0 aromatic heterocycles. The first-order valence-electron chi connectivity index (χ1n) is 21.8. The van der Waals surface area contributed by atoms with Crippen molar-refractivity contribution in [1.82, 2.24) is 0 Å². The fourth-order valence-electron chi connectivity index (χ4n) is 10.2. The monoisotopic (exact) mass is 1190 g/mol. The van der Waals surface area contributed by atoms with Gasteiger partial charge in [0.2, 0.25) is 0 Å². The molecule has 9 rings (SSSR count). The lowest BCUT2D eigenvalue weighted by molar-refractivity contribution is -0.256. The van der Waals surface area contributed by atoms with Gasteiger partial charge in [-0.2, -0.15) is 0 Å². The van der Waals surface area contributed by atoms with Crippen LogP contribution in [-0.2, 0) is 0 Å². The van der Waals surface area contributed by atoms with E-state index in [2.05, 4.69) is 40.4 Å². The van der Waals surface area contributed by atoms with E-state index in [9.17, 15) is 17.6 Å². The minimum absolute atomic E-state index is 1.20. The van der Waals surface area contributed by atoms with Gasteiger partial charge in [-0.15, -0.1) is 21.9 Å². The number of quaternary nitrogens is 1. The predicted octanol–water partition coefficient (Wildman–Crippen LogP) is 13.7. The Labute approximate surface area is 430 Å². The van der Waals surface area contributed by atoms with E-state index in [1.54, 1.807) is 0 Å². The maximum absolute atomic E-state index is 17.3. The Kier molecular flexibility index (Phi) is 14.4. The van der Waals surface area contributed by atoms with Gasteiger partial charge in [0.1, 0.15) is 35.1 Å². The van der Waals surface area contributed by atoms with Crippen LogP contribution in [0.25, 0.3) is 43.1 Å². The molecule has 3 N–H and O–H groups in total.